The second-order valence-corrected chi connectivity index (χ2v) is 8.33. The van der Waals surface area contributed by atoms with E-state index >= 15 is 0 Å². The summed E-state index contributed by atoms with van der Waals surface area (Å²) in [6.07, 6.45) is 3.59. The topological polar surface area (TPSA) is 76.3 Å². The third-order valence-corrected chi connectivity index (χ3v) is 5.89. The summed E-state index contributed by atoms with van der Waals surface area (Å²) in [5.41, 5.74) is 3.81. The molecule has 0 spiro atoms. The van der Waals surface area contributed by atoms with E-state index < -0.39 is 5.91 Å². The third kappa shape index (κ3) is 4.47. The lowest BCUT2D eigenvalue weighted by atomic mass is 10.1. The molecule has 34 heavy (non-hydrogen) atoms. The minimum absolute atomic E-state index is 0.0372. The van der Waals surface area contributed by atoms with Crippen molar-refractivity contribution in [2.24, 2.45) is 0 Å². The lowest BCUT2D eigenvalue weighted by Gasteiger charge is -2.06. The molecule has 1 aromatic heterocycles. The summed E-state index contributed by atoms with van der Waals surface area (Å²) in [5, 5.41) is 14.2. The molecule has 0 atom stereocenters. The summed E-state index contributed by atoms with van der Waals surface area (Å²) in [5.74, 6) is 0.897. The first kappa shape index (κ1) is 21.6. The van der Waals surface area contributed by atoms with Crippen LogP contribution in [-0.2, 0) is 17.9 Å². The van der Waals surface area contributed by atoms with E-state index in [0.717, 1.165) is 27.6 Å². The Morgan fingerprint density at radius 2 is 1.82 bits per heavy atom. The number of nitrogens with zero attached hydrogens (tertiary/aromatic N) is 2. The van der Waals surface area contributed by atoms with Crippen LogP contribution in [0.3, 0.4) is 0 Å². The highest BCUT2D eigenvalue weighted by Crippen LogP contribution is 2.32. The van der Waals surface area contributed by atoms with Gasteiger partial charge < -0.3 is 19.4 Å². The molecule has 3 aromatic carbocycles. The average Bonchev–Trinajstić information content (AvgIpc) is 3.47. The Hall–Kier alpha value is -4.21. The number of benzene rings is 3. The highest BCUT2D eigenvalue weighted by Gasteiger charge is 2.15. The van der Waals surface area contributed by atoms with Crippen molar-refractivity contribution in [1.29, 1.82) is 5.26 Å². The van der Waals surface area contributed by atoms with Crippen molar-refractivity contribution in [2.45, 2.75) is 13.1 Å². The van der Waals surface area contributed by atoms with Gasteiger partial charge in [0.2, 0.25) is 6.79 Å². The molecule has 6 nitrogen and oxygen atoms in total. The number of hydrogen-bond acceptors (Lipinski definition) is 4. The van der Waals surface area contributed by atoms with Crippen LogP contribution < -0.4 is 14.8 Å². The van der Waals surface area contributed by atoms with Crippen molar-refractivity contribution < 1.29 is 14.3 Å². The maximum absolute atomic E-state index is 12.8. The number of carbonyl (C=O) groups is 1. The molecule has 4 aromatic rings. The van der Waals surface area contributed by atoms with Crippen LogP contribution in [0.5, 0.6) is 11.5 Å². The van der Waals surface area contributed by atoms with Crippen molar-refractivity contribution in [2.75, 3.05) is 6.79 Å². The first-order valence-electron chi connectivity index (χ1n) is 10.7. The van der Waals surface area contributed by atoms with Gasteiger partial charge in [-0.3, -0.25) is 4.79 Å². The van der Waals surface area contributed by atoms with Crippen LogP contribution in [0.2, 0.25) is 5.02 Å². The molecule has 168 valence electrons. The summed E-state index contributed by atoms with van der Waals surface area (Å²) < 4.78 is 12.8. The van der Waals surface area contributed by atoms with E-state index in [-0.39, 0.29) is 18.9 Å². The first-order valence-corrected chi connectivity index (χ1v) is 11.1. The van der Waals surface area contributed by atoms with Gasteiger partial charge in [-0.15, -0.1) is 0 Å². The number of aromatic nitrogens is 1. The van der Waals surface area contributed by atoms with Crippen molar-refractivity contribution >= 4 is 34.5 Å². The standard InChI is InChI=1S/C27H20ClN3O3/c28-22-8-5-18(6-9-22)15-31-16-21(23-3-1-2-4-24(23)31)12-20(13-29)27(32)30-14-19-7-10-25-26(11-19)34-17-33-25/h1-12,16H,14-15,17H2,(H,30,32)/b20-12+. The Labute approximate surface area is 201 Å². The van der Waals surface area contributed by atoms with E-state index in [0.29, 0.717) is 23.1 Å². The summed E-state index contributed by atoms with van der Waals surface area (Å²) in [6, 6.07) is 23.1. The van der Waals surface area contributed by atoms with Gasteiger partial charge in [0, 0.05) is 40.8 Å². The van der Waals surface area contributed by atoms with E-state index in [9.17, 15) is 10.1 Å². The van der Waals surface area contributed by atoms with E-state index in [4.69, 9.17) is 21.1 Å². The second kappa shape index (κ2) is 9.34. The number of ether oxygens (including phenoxy) is 2. The van der Waals surface area contributed by atoms with Gasteiger partial charge in [0.05, 0.1) is 0 Å². The smallest absolute Gasteiger partial charge is 0.262 e. The zero-order chi connectivity index (χ0) is 23.5. The molecule has 0 aliphatic carbocycles. The van der Waals surface area contributed by atoms with Crippen molar-refractivity contribution in [3.8, 4) is 17.6 Å². The third-order valence-electron chi connectivity index (χ3n) is 5.64. The minimum Gasteiger partial charge on any atom is -0.454 e. The van der Waals surface area contributed by atoms with Crippen LogP contribution in [0.25, 0.3) is 17.0 Å². The molecular weight excluding hydrogens is 450 g/mol. The summed E-state index contributed by atoms with van der Waals surface area (Å²) in [4.78, 5) is 12.8. The molecule has 0 bridgehead atoms. The average molecular weight is 470 g/mol. The predicted octanol–water partition coefficient (Wildman–Crippen LogP) is 5.30. The van der Waals surface area contributed by atoms with Crippen LogP contribution in [0, 0.1) is 11.3 Å². The molecule has 1 N–H and O–H groups in total. The fourth-order valence-corrected chi connectivity index (χ4v) is 4.07. The number of rotatable bonds is 6. The van der Waals surface area contributed by atoms with Crippen LogP contribution in [-0.4, -0.2) is 17.3 Å². The molecule has 5 rings (SSSR count). The molecule has 1 amide bonds. The van der Waals surface area contributed by atoms with Crippen LogP contribution in [0.1, 0.15) is 16.7 Å². The van der Waals surface area contributed by atoms with Gasteiger partial charge >= 0.3 is 0 Å². The number of nitriles is 1. The van der Waals surface area contributed by atoms with Crippen LogP contribution >= 0.6 is 11.6 Å². The van der Waals surface area contributed by atoms with E-state index in [1.807, 2.05) is 72.9 Å². The normalized spacial score (nSPS) is 12.5. The van der Waals surface area contributed by atoms with Crippen molar-refractivity contribution in [3.05, 3.63) is 100 Å². The zero-order valence-electron chi connectivity index (χ0n) is 18.1. The van der Waals surface area contributed by atoms with E-state index in [1.54, 1.807) is 12.1 Å². The lowest BCUT2D eigenvalue weighted by Crippen LogP contribution is -2.23. The SMILES string of the molecule is N#C/C(=C\c1cn(Cc2ccc(Cl)cc2)c2ccccc12)C(=O)NCc1ccc2c(c1)OCO2. The van der Waals surface area contributed by atoms with Crippen LogP contribution in [0.15, 0.2) is 78.5 Å². The highest BCUT2D eigenvalue weighted by molar-refractivity contribution is 6.30. The van der Waals surface area contributed by atoms with Gasteiger partial charge in [-0.1, -0.05) is 48.0 Å². The Morgan fingerprint density at radius 3 is 2.65 bits per heavy atom. The number of halogens is 1. The molecule has 1 aliphatic heterocycles. The molecular formula is C27H20ClN3O3. The monoisotopic (exact) mass is 469 g/mol. The molecule has 0 radical (unpaired) electrons. The largest absolute Gasteiger partial charge is 0.454 e. The fraction of sp³-hybridized carbons (Fsp3) is 0.111. The van der Waals surface area contributed by atoms with Gasteiger partial charge in [-0.05, 0) is 47.5 Å². The maximum atomic E-state index is 12.8. The van der Waals surface area contributed by atoms with Crippen molar-refractivity contribution in [1.82, 2.24) is 9.88 Å². The number of fused-ring (bicyclic) bond motifs is 2. The van der Waals surface area contributed by atoms with Gasteiger partial charge in [0.25, 0.3) is 5.91 Å². The van der Waals surface area contributed by atoms with E-state index in [1.165, 1.54) is 0 Å². The fourth-order valence-electron chi connectivity index (χ4n) is 3.94. The highest BCUT2D eigenvalue weighted by atomic mass is 35.5. The molecule has 0 fully saturated rings. The van der Waals surface area contributed by atoms with E-state index in [2.05, 4.69) is 9.88 Å². The Morgan fingerprint density at radius 1 is 1.06 bits per heavy atom. The number of amides is 1. The summed E-state index contributed by atoms with van der Waals surface area (Å²) in [7, 11) is 0. The zero-order valence-corrected chi connectivity index (χ0v) is 18.9. The lowest BCUT2D eigenvalue weighted by molar-refractivity contribution is -0.117. The molecule has 1 aliphatic rings. The Balaban J connectivity index is 1.38. The predicted molar refractivity (Wildman–Crippen MR) is 130 cm³/mol. The maximum Gasteiger partial charge on any atom is 0.262 e. The molecule has 0 unspecified atom stereocenters. The van der Waals surface area contributed by atoms with Gasteiger partial charge in [-0.25, -0.2) is 0 Å². The molecule has 2 heterocycles. The van der Waals surface area contributed by atoms with Crippen molar-refractivity contribution in [3.63, 3.8) is 0 Å². The summed E-state index contributed by atoms with van der Waals surface area (Å²) in [6.45, 7) is 1.11. The number of carbonyl (C=O) groups excluding carboxylic acids is 1. The van der Waals surface area contributed by atoms with Gasteiger partial charge in [0.15, 0.2) is 11.5 Å². The molecule has 0 saturated carbocycles. The first-order chi connectivity index (χ1) is 16.6. The number of hydrogen-bond donors (Lipinski definition) is 1. The van der Waals surface area contributed by atoms with Gasteiger partial charge in [0.1, 0.15) is 11.6 Å². The quantitative estimate of drug-likeness (QED) is 0.307. The Kier molecular flexibility index (Phi) is 5.94. The second-order valence-electron chi connectivity index (χ2n) is 7.90. The van der Waals surface area contributed by atoms with Gasteiger partial charge in [-0.2, -0.15) is 5.26 Å². The summed E-state index contributed by atoms with van der Waals surface area (Å²) >= 11 is 6.01. The molecule has 7 heteroatoms. The Bertz CT molecular complexity index is 1450. The number of para-hydroxylation sites is 1. The van der Waals surface area contributed by atoms with Crippen LogP contribution in [0.4, 0.5) is 0 Å². The minimum atomic E-state index is -0.435. The molecule has 0 saturated heterocycles. The number of nitrogens with one attached hydrogen (secondary N) is 1.